The number of hydrogen-bond donors (Lipinski definition) is 1. The SMILES string of the molecule is N#Cc1n[nH]c(-c2c(Cl)cc(C(F)(F)F)cc2Cl)c1/C=C(/Cl)C(F)(F)F. The van der Waals surface area contributed by atoms with Crippen molar-refractivity contribution in [1.29, 1.82) is 5.26 Å². The van der Waals surface area contributed by atoms with Crippen LogP contribution in [0.1, 0.15) is 16.8 Å². The quantitative estimate of drug-likeness (QED) is 0.555. The summed E-state index contributed by atoms with van der Waals surface area (Å²) < 4.78 is 76.4. The summed E-state index contributed by atoms with van der Waals surface area (Å²) in [6, 6.07) is 2.64. The first-order valence-corrected chi connectivity index (χ1v) is 7.49. The van der Waals surface area contributed by atoms with Crippen molar-refractivity contribution in [3.05, 3.63) is 44.0 Å². The van der Waals surface area contributed by atoms with Crippen LogP contribution < -0.4 is 0 Å². The molecule has 1 aromatic carbocycles. The molecule has 26 heavy (non-hydrogen) atoms. The minimum Gasteiger partial charge on any atom is -0.276 e. The van der Waals surface area contributed by atoms with E-state index in [2.05, 4.69) is 10.2 Å². The zero-order chi connectivity index (χ0) is 19.9. The minimum atomic E-state index is -4.91. The van der Waals surface area contributed by atoms with E-state index in [9.17, 15) is 26.3 Å². The highest BCUT2D eigenvalue weighted by Gasteiger charge is 2.34. The molecule has 1 N–H and O–H groups in total. The molecule has 0 aliphatic carbocycles. The van der Waals surface area contributed by atoms with Crippen LogP contribution in [0.25, 0.3) is 17.3 Å². The molecule has 0 fully saturated rings. The summed E-state index contributed by atoms with van der Waals surface area (Å²) in [6.45, 7) is 0. The Morgan fingerprint density at radius 2 is 1.65 bits per heavy atom. The molecule has 0 radical (unpaired) electrons. The van der Waals surface area contributed by atoms with Crippen LogP contribution in [0.15, 0.2) is 17.2 Å². The summed E-state index contributed by atoms with van der Waals surface area (Å²) in [5.74, 6) is 0. The molecule has 1 aromatic heterocycles. The lowest BCUT2D eigenvalue weighted by atomic mass is 10.0. The van der Waals surface area contributed by atoms with E-state index in [1.54, 1.807) is 0 Å². The number of hydrogen-bond acceptors (Lipinski definition) is 2. The molecule has 0 unspecified atom stereocenters. The fraction of sp³-hybridized carbons (Fsp3) is 0.143. The molecule has 12 heteroatoms. The second-order valence-electron chi connectivity index (χ2n) is 4.78. The van der Waals surface area contributed by atoms with E-state index in [0.717, 1.165) is 0 Å². The standard InChI is InChI=1S/C14H4Cl3F6N3/c15-7-1-5(13(18,19)20)2-8(16)11(7)12-6(9(4-24)25-26-12)3-10(17)14(21,22)23/h1-3H,(H,25,26)/b10-3+. The number of rotatable bonds is 2. The Hall–Kier alpha value is -1.89. The van der Waals surface area contributed by atoms with E-state index >= 15 is 0 Å². The molecule has 0 amide bonds. The third kappa shape index (κ3) is 4.09. The number of nitrogens with zero attached hydrogens (tertiary/aromatic N) is 2. The van der Waals surface area contributed by atoms with Gasteiger partial charge in [-0.15, -0.1) is 0 Å². The van der Waals surface area contributed by atoms with Gasteiger partial charge in [0.05, 0.1) is 21.3 Å². The van der Waals surface area contributed by atoms with Crippen molar-refractivity contribution < 1.29 is 26.3 Å². The molecule has 0 spiro atoms. The van der Waals surface area contributed by atoms with E-state index in [0.29, 0.717) is 18.2 Å². The Balaban J connectivity index is 2.72. The Morgan fingerprint density at radius 3 is 2.08 bits per heavy atom. The van der Waals surface area contributed by atoms with Crippen LogP contribution in [-0.2, 0) is 6.18 Å². The van der Waals surface area contributed by atoms with Gasteiger partial charge in [0.25, 0.3) is 0 Å². The molecule has 0 saturated heterocycles. The summed E-state index contributed by atoms with van der Waals surface area (Å²) in [5, 5.41) is 12.2. The number of alkyl halides is 6. The van der Waals surface area contributed by atoms with Gasteiger partial charge >= 0.3 is 12.4 Å². The molecular weight excluding hydrogens is 431 g/mol. The number of allylic oxidation sites excluding steroid dienone is 1. The zero-order valence-corrected chi connectivity index (χ0v) is 14.3. The average molecular weight is 435 g/mol. The molecule has 0 aliphatic heterocycles. The molecule has 3 nitrogen and oxygen atoms in total. The number of benzene rings is 1. The average Bonchev–Trinajstić information content (AvgIpc) is 2.87. The second kappa shape index (κ2) is 7.02. The maximum atomic E-state index is 12.8. The van der Waals surface area contributed by atoms with Crippen molar-refractivity contribution in [3.63, 3.8) is 0 Å². The first kappa shape index (κ1) is 20.4. The lowest BCUT2D eigenvalue weighted by molar-refractivity contribution is -0.137. The Bertz CT molecular complexity index is 898. The Kier molecular flexibility index (Phi) is 5.52. The monoisotopic (exact) mass is 433 g/mol. The van der Waals surface area contributed by atoms with Gasteiger partial charge in [0, 0.05) is 11.1 Å². The maximum absolute atomic E-state index is 12.8. The van der Waals surface area contributed by atoms with Crippen LogP contribution in [0.2, 0.25) is 10.0 Å². The van der Waals surface area contributed by atoms with Crippen LogP contribution in [0.5, 0.6) is 0 Å². The lowest BCUT2D eigenvalue weighted by Crippen LogP contribution is -2.07. The summed E-state index contributed by atoms with van der Waals surface area (Å²) in [6.07, 6.45) is -9.24. The molecule has 0 atom stereocenters. The van der Waals surface area contributed by atoms with Crippen LogP contribution >= 0.6 is 34.8 Å². The van der Waals surface area contributed by atoms with E-state index in [4.69, 9.17) is 40.1 Å². The predicted molar refractivity (Wildman–Crippen MR) is 83.6 cm³/mol. The highest BCUT2D eigenvalue weighted by atomic mass is 35.5. The fourth-order valence-corrected chi connectivity index (χ4v) is 2.74. The summed E-state index contributed by atoms with van der Waals surface area (Å²) in [5.41, 5.74) is -2.59. The molecule has 0 bridgehead atoms. The largest absolute Gasteiger partial charge is 0.426 e. The predicted octanol–water partition coefficient (Wildman–Crippen LogP) is 6.42. The van der Waals surface area contributed by atoms with Crippen LogP contribution in [0.4, 0.5) is 26.3 Å². The van der Waals surface area contributed by atoms with Gasteiger partial charge in [-0.2, -0.15) is 36.7 Å². The molecule has 2 aromatic rings. The van der Waals surface area contributed by atoms with Gasteiger partial charge in [-0.05, 0) is 18.2 Å². The van der Waals surface area contributed by atoms with Gasteiger partial charge in [-0.3, -0.25) is 5.10 Å². The maximum Gasteiger partial charge on any atom is 0.426 e. The van der Waals surface area contributed by atoms with Crippen molar-refractivity contribution >= 4 is 40.9 Å². The highest BCUT2D eigenvalue weighted by molar-refractivity contribution is 6.39. The van der Waals surface area contributed by atoms with Crippen molar-refractivity contribution in [2.45, 2.75) is 12.4 Å². The normalized spacial score (nSPS) is 13.0. The smallest absolute Gasteiger partial charge is 0.276 e. The Labute approximate surface area is 156 Å². The molecule has 138 valence electrons. The first-order chi connectivity index (χ1) is 11.9. The third-order valence-corrected chi connectivity index (χ3v) is 3.99. The van der Waals surface area contributed by atoms with E-state index in [-0.39, 0.29) is 11.3 Å². The highest BCUT2D eigenvalue weighted by Crippen LogP contribution is 2.42. The van der Waals surface area contributed by atoms with Crippen molar-refractivity contribution in [3.8, 4) is 17.3 Å². The number of nitrogens with one attached hydrogen (secondary N) is 1. The molecule has 1 heterocycles. The van der Waals surface area contributed by atoms with Crippen molar-refractivity contribution in [1.82, 2.24) is 10.2 Å². The van der Waals surface area contributed by atoms with E-state index in [1.165, 1.54) is 6.07 Å². The molecule has 0 aliphatic rings. The number of aromatic nitrogens is 2. The summed E-state index contributed by atoms with van der Waals surface area (Å²) in [7, 11) is 0. The van der Waals surface area contributed by atoms with Gasteiger partial charge in [0.15, 0.2) is 5.69 Å². The number of halogens is 9. The number of nitriles is 1. The van der Waals surface area contributed by atoms with Crippen LogP contribution in [0, 0.1) is 11.3 Å². The van der Waals surface area contributed by atoms with Crippen LogP contribution in [-0.4, -0.2) is 16.4 Å². The van der Waals surface area contributed by atoms with Gasteiger partial charge in [0.2, 0.25) is 0 Å². The lowest BCUT2D eigenvalue weighted by Gasteiger charge is -2.12. The minimum absolute atomic E-state index is 0.256. The fourth-order valence-electron chi connectivity index (χ4n) is 1.95. The summed E-state index contributed by atoms with van der Waals surface area (Å²) >= 11 is 16.8. The Morgan fingerprint density at radius 1 is 1.12 bits per heavy atom. The topological polar surface area (TPSA) is 52.5 Å². The zero-order valence-electron chi connectivity index (χ0n) is 12.0. The van der Waals surface area contributed by atoms with Crippen molar-refractivity contribution in [2.24, 2.45) is 0 Å². The molecule has 2 rings (SSSR count). The van der Waals surface area contributed by atoms with Gasteiger partial charge < -0.3 is 0 Å². The number of H-pyrrole nitrogens is 1. The van der Waals surface area contributed by atoms with E-state index in [1.807, 2.05) is 0 Å². The number of aromatic amines is 1. The first-order valence-electron chi connectivity index (χ1n) is 6.35. The third-order valence-electron chi connectivity index (χ3n) is 3.07. The van der Waals surface area contributed by atoms with Gasteiger partial charge in [-0.25, -0.2) is 0 Å². The van der Waals surface area contributed by atoms with Gasteiger partial charge in [0.1, 0.15) is 11.1 Å². The van der Waals surface area contributed by atoms with E-state index < -0.39 is 44.3 Å². The molecular formula is C14H4Cl3F6N3. The van der Waals surface area contributed by atoms with Crippen molar-refractivity contribution in [2.75, 3.05) is 0 Å². The summed E-state index contributed by atoms with van der Waals surface area (Å²) in [4.78, 5) is 0. The molecule has 0 saturated carbocycles. The second-order valence-corrected chi connectivity index (χ2v) is 6.00. The van der Waals surface area contributed by atoms with Gasteiger partial charge in [-0.1, -0.05) is 34.8 Å². The van der Waals surface area contributed by atoms with Crippen LogP contribution in [0.3, 0.4) is 0 Å².